The van der Waals surface area contributed by atoms with Gasteiger partial charge in [0.1, 0.15) is 0 Å². The minimum atomic E-state index is 0.170. The maximum Gasteiger partial charge on any atom is 0.0558 e. The van der Waals surface area contributed by atoms with E-state index in [1.54, 1.807) is 0 Å². The summed E-state index contributed by atoms with van der Waals surface area (Å²) in [5, 5.41) is 9.23. The number of benzene rings is 2. The van der Waals surface area contributed by atoms with Crippen LogP contribution in [0.15, 0.2) is 54.6 Å². The minimum Gasteiger partial charge on any atom is -0.395 e. The molecule has 0 aliphatic rings. The summed E-state index contributed by atoms with van der Waals surface area (Å²) in [6, 6.07) is 18.6. The predicted molar refractivity (Wildman–Crippen MR) is 82.0 cm³/mol. The molecule has 0 aliphatic heterocycles. The molecule has 0 saturated heterocycles. The van der Waals surface area contributed by atoms with Gasteiger partial charge in [0.15, 0.2) is 0 Å². The monoisotopic (exact) mass is 270 g/mol. The van der Waals surface area contributed by atoms with E-state index in [1.165, 1.54) is 11.1 Å². The number of nitrogens with zero attached hydrogens (tertiary/aromatic N) is 1. The Morgan fingerprint density at radius 3 is 2.20 bits per heavy atom. The molecule has 2 aromatic carbocycles. The van der Waals surface area contributed by atoms with Crippen molar-refractivity contribution in [2.75, 3.05) is 13.2 Å². The van der Waals surface area contributed by atoms with Crippen LogP contribution in [0.3, 0.4) is 0 Å². The molecule has 3 heteroatoms. The van der Waals surface area contributed by atoms with E-state index < -0.39 is 0 Å². The number of hydrogen-bond acceptors (Lipinski definition) is 3. The van der Waals surface area contributed by atoms with Gasteiger partial charge in [-0.05, 0) is 16.7 Å². The second kappa shape index (κ2) is 7.80. The minimum absolute atomic E-state index is 0.170. The molecule has 0 bridgehead atoms. The van der Waals surface area contributed by atoms with Gasteiger partial charge in [0, 0.05) is 26.2 Å². The van der Waals surface area contributed by atoms with E-state index >= 15 is 0 Å². The first kappa shape index (κ1) is 14.7. The molecular formula is C17H22N2O. The number of nitrogens with two attached hydrogens (primary N) is 1. The normalized spacial score (nSPS) is 10.9. The van der Waals surface area contributed by atoms with Crippen molar-refractivity contribution in [1.82, 2.24) is 4.90 Å². The number of hydrogen-bond donors (Lipinski definition) is 2. The third-order valence-corrected chi connectivity index (χ3v) is 3.30. The van der Waals surface area contributed by atoms with Gasteiger partial charge in [0.2, 0.25) is 0 Å². The highest BCUT2D eigenvalue weighted by molar-refractivity contribution is 5.23. The highest BCUT2D eigenvalue weighted by Gasteiger charge is 2.07. The van der Waals surface area contributed by atoms with Crippen molar-refractivity contribution < 1.29 is 5.11 Å². The summed E-state index contributed by atoms with van der Waals surface area (Å²) in [4.78, 5) is 2.24. The van der Waals surface area contributed by atoms with Crippen molar-refractivity contribution in [3.63, 3.8) is 0 Å². The van der Waals surface area contributed by atoms with E-state index in [0.717, 1.165) is 18.7 Å². The van der Waals surface area contributed by atoms with Crippen LogP contribution >= 0.6 is 0 Å². The summed E-state index contributed by atoms with van der Waals surface area (Å²) in [6.45, 7) is 3.06. The fraction of sp³-hybridized carbons (Fsp3) is 0.294. The molecule has 0 heterocycles. The van der Waals surface area contributed by atoms with Crippen molar-refractivity contribution in [1.29, 1.82) is 0 Å². The fourth-order valence-corrected chi connectivity index (χ4v) is 2.31. The van der Waals surface area contributed by atoms with Crippen LogP contribution in [0, 0.1) is 0 Å². The Morgan fingerprint density at radius 1 is 0.850 bits per heavy atom. The van der Waals surface area contributed by atoms with E-state index in [1.807, 2.05) is 30.3 Å². The Bertz CT molecular complexity index is 513. The number of rotatable bonds is 7. The maximum absolute atomic E-state index is 9.23. The molecule has 0 saturated carbocycles. The Hall–Kier alpha value is -1.68. The lowest BCUT2D eigenvalue weighted by Crippen LogP contribution is -2.26. The Morgan fingerprint density at radius 2 is 1.50 bits per heavy atom. The van der Waals surface area contributed by atoms with Crippen LogP contribution in [0.2, 0.25) is 0 Å². The molecule has 0 spiro atoms. The molecule has 0 unspecified atom stereocenters. The summed E-state index contributed by atoms with van der Waals surface area (Å²) in [5.41, 5.74) is 9.32. The average Bonchev–Trinajstić information content (AvgIpc) is 2.49. The first-order valence-electron chi connectivity index (χ1n) is 6.97. The highest BCUT2D eigenvalue weighted by atomic mass is 16.3. The summed E-state index contributed by atoms with van der Waals surface area (Å²) in [5.74, 6) is 0. The molecular weight excluding hydrogens is 248 g/mol. The zero-order valence-corrected chi connectivity index (χ0v) is 11.7. The third-order valence-electron chi connectivity index (χ3n) is 3.30. The van der Waals surface area contributed by atoms with Gasteiger partial charge in [-0.3, -0.25) is 4.90 Å². The Kier molecular flexibility index (Phi) is 5.74. The van der Waals surface area contributed by atoms with Gasteiger partial charge in [0.05, 0.1) is 6.61 Å². The van der Waals surface area contributed by atoms with E-state index in [4.69, 9.17) is 5.73 Å². The van der Waals surface area contributed by atoms with E-state index in [-0.39, 0.29) is 6.61 Å². The van der Waals surface area contributed by atoms with Gasteiger partial charge >= 0.3 is 0 Å². The molecule has 20 heavy (non-hydrogen) atoms. The van der Waals surface area contributed by atoms with Gasteiger partial charge in [-0.15, -0.1) is 0 Å². The molecule has 0 aromatic heterocycles. The quantitative estimate of drug-likeness (QED) is 0.810. The van der Waals surface area contributed by atoms with Gasteiger partial charge < -0.3 is 10.8 Å². The van der Waals surface area contributed by atoms with Crippen molar-refractivity contribution in [2.24, 2.45) is 5.73 Å². The summed E-state index contributed by atoms with van der Waals surface area (Å²) in [7, 11) is 0. The van der Waals surface area contributed by atoms with Crippen LogP contribution in [0.1, 0.15) is 16.7 Å². The fourth-order valence-electron chi connectivity index (χ4n) is 2.31. The second-order valence-corrected chi connectivity index (χ2v) is 4.94. The van der Waals surface area contributed by atoms with Gasteiger partial charge in [-0.1, -0.05) is 54.6 Å². The van der Waals surface area contributed by atoms with E-state index in [9.17, 15) is 5.11 Å². The summed E-state index contributed by atoms with van der Waals surface area (Å²) >= 11 is 0. The second-order valence-electron chi connectivity index (χ2n) is 4.94. The van der Waals surface area contributed by atoms with Gasteiger partial charge in [0.25, 0.3) is 0 Å². The molecule has 2 aromatic rings. The van der Waals surface area contributed by atoms with Crippen LogP contribution in [0.5, 0.6) is 0 Å². The largest absolute Gasteiger partial charge is 0.395 e. The predicted octanol–water partition coefficient (Wildman–Crippen LogP) is 2.14. The SMILES string of the molecule is NCc1cccc(CN(CCO)Cc2ccccc2)c1. The molecule has 0 aliphatic carbocycles. The first-order valence-corrected chi connectivity index (χ1v) is 6.97. The molecule has 0 amide bonds. The molecule has 106 valence electrons. The van der Waals surface area contributed by atoms with Crippen molar-refractivity contribution in [2.45, 2.75) is 19.6 Å². The zero-order chi connectivity index (χ0) is 14.2. The smallest absolute Gasteiger partial charge is 0.0558 e. The average molecular weight is 270 g/mol. The molecule has 3 N–H and O–H groups in total. The highest BCUT2D eigenvalue weighted by Crippen LogP contribution is 2.11. The standard InChI is InChI=1S/C17H22N2O/c18-12-16-7-4-8-17(11-16)14-19(9-10-20)13-15-5-2-1-3-6-15/h1-8,11,20H,9-10,12-14,18H2. The summed E-state index contributed by atoms with van der Waals surface area (Å²) < 4.78 is 0. The number of aliphatic hydroxyl groups excluding tert-OH is 1. The van der Waals surface area contributed by atoms with Gasteiger partial charge in [-0.2, -0.15) is 0 Å². The van der Waals surface area contributed by atoms with Crippen LogP contribution < -0.4 is 5.73 Å². The third kappa shape index (κ3) is 4.46. The lowest BCUT2D eigenvalue weighted by atomic mass is 10.1. The van der Waals surface area contributed by atoms with Gasteiger partial charge in [-0.25, -0.2) is 0 Å². The molecule has 0 radical (unpaired) electrons. The van der Waals surface area contributed by atoms with E-state index in [2.05, 4.69) is 29.2 Å². The van der Waals surface area contributed by atoms with Crippen molar-refractivity contribution in [3.05, 3.63) is 71.3 Å². The molecule has 2 rings (SSSR count). The van der Waals surface area contributed by atoms with Crippen LogP contribution in [0.4, 0.5) is 0 Å². The topological polar surface area (TPSA) is 49.5 Å². The lowest BCUT2D eigenvalue weighted by Gasteiger charge is -2.21. The molecule has 0 fully saturated rings. The Balaban J connectivity index is 2.04. The lowest BCUT2D eigenvalue weighted by molar-refractivity contribution is 0.184. The Labute approximate surface area is 120 Å². The van der Waals surface area contributed by atoms with Crippen LogP contribution in [0.25, 0.3) is 0 Å². The zero-order valence-electron chi connectivity index (χ0n) is 11.7. The van der Waals surface area contributed by atoms with Crippen LogP contribution in [-0.4, -0.2) is 23.2 Å². The van der Waals surface area contributed by atoms with Crippen LogP contribution in [-0.2, 0) is 19.6 Å². The van der Waals surface area contributed by atoms with E-state index in [0.29, 0.717) is 13.1 Å². The molecule has 3 nitrogen and oxygen atoms in total. The number of aliphatic hydroxyl groups is 1. The maximum atomic E-state index is 9.23. The van der Waals surface area contributed by atoms with Crippen molar-refractivity contribution >= 4 is 0 Å². The molecule has 0 atom stereocenters. The summed E-state index contributed by atoms with van der Waals surface area (Å²) in [6.07, 6.45) is 0. The van der Waals surface area contributed by atoms with Crippen molar-refractivity contribution in [3.8, 4) is 0 Å². The first-order chi connectivity index (χ1) is 9.81.